The van der Waals surface area contributed by atoms with Gasteiger partial charge >= 0.3 is 5.97 Å². The molecule has 2 amide bonds. The van der Waals surface area contributed by atoms with Crippen LogP contribution in [0.25, 0.3) is 0 Å². The van der Waals surface area contributed by atoms with Crippen LogP contribution in [0.2, 0.25) is 0 Å². The summed E-state index contributed by atoms with van der Waals surface area (Å²) in [4.78, 5) is 40.9. The van der Waals surface area contributed by atoms with Gasteiger partial charge in [0.2, 0.25) is 5.91 Å². The summed E-state index contributed by atoms with van der Waals surface area (Å²) in [5.74, 6) is -1.10. The zero-order valence-corrected chi connectivity index (χ0v) is 15.7. The molecule has 2 aliphatic rings. The van der Waals surface area contributed by atoms with E-state index in [4.69, 9.17) is 0 Å². The number of carboxylic acids is 1. The van der Waals surface area contributed by atoms with Crippen molar-refractivity contribution in [3.05, 3.63) is 16.1 Å². The van der Waals surface area contributed by atoms with Crippen LogP contribution in [0.1, 0.15) is 36.9 Å². The van der Waals surface area contributed by atoms with Crippen LogP contribution in [0.3, 0.4) is 0 Å². The summed E-state index contributed by atoms with van der Waals surface area (Å²) >= 11 is 1.45. The van der Waals surface area contributed by atoms with E-state index in [0.717, 1.165) is 17.1 Å². The molecule has 3 rings (SSSR count). The third-order valence-corrected chi connectivity index (χ3v) is 5.85. The predicted molar refractivity (Wildman–Crippen MR) is 95.3 cm³/mol. The van der Waals surface area contributed by atoms with Gasteiger partial charge in [-0.2, -0.15) is 0 Å². The number of hydrazine groups is 1. The predicted octanol–water partition coefficient (Wildman–Crippen LogP) is 0.715. The number of aromatic nitrogens is 1. The second kappa shape index (κ2) is 7.71. The van der Waals surface area contributed by atoms with Gasteiger partial charge in [0.1, 0.15) is 12.1 Å². The van der Waals surface area contributed by atoms with Gasteiger partial charge in [-0.15, -0.1) is 11.3 Å². The van der Waals surface area contributed by atoms with Crippen LogP contribution in [-0.2, 0) is 20.8 Å². The second-order valence-corrected chi connectivity index (χ2v) is 8.06. The molecule has 1 aromatic rings. The fourth-order valence-corrected chi connectivity index (χ4v) is 3.97. The third-order valence-electron chi connectivity index (χ3n) is 4.86. The summed E-state index contributed by atoms with van der Waals surface area (Å²) < 4.78 is 0. The second-order valence-electron chi connectivity index (χ2n) is 7.12. The maximum atomic E-state index is 13.0. The molecule has 4 atom stereocenters. The molecule has 1 saturated heterocycles. The van der Waals surface area contributed by atoms with E-state index in [1.807, 2.05) is 19.2 Å². The highest BCUT2D eigenvalue weighted by Gasteiger charge is 2.41. The minimum atomic E-state index is -0.981. The molecule has 1 aliphatic carbocycles. The Bertz CT molecular complexity index is 707. The number of carbonyl (C=O) groups excluding carboxylic acids is 2. The summed E-state index contributed by atoms with van der Waals surface area (Å²) in [5, 5.41) is 16.1. The molecular formula is C17H24N4O4S. The van der Waals surface area contributed by atoms with Crippen molar-refractivity contribution in [2.75, 3.05) is 6.54 Å². The lowest BCUT2D eigenvalue weighted by Gasteiger charge is -2.34. The van der Waals surface area contributed by atoms with E-state index >= 15 is 0 Å². The van der Waals surface area contributed by atoms with Gasteiger partial charge in [0.05, 0.1) is 5.01 Å². The average molecular weight is 380 g/mol. The SMILES string of the molecule is Cc1csc(C[C@H](NC(=O)[C@H]2C[C@@H]2C)C(=O)N2CCC[C@@H](C(=O)O)N2)n1. The van der Waals surface area contributed by atoms with Crippen LogP contribution in [0.5, 0.6) is 0 Å². The first-order chi connectivity index (χ1) is 12.3. The number of hydrogen-bond donors (Lipinski definition) is 3. The highest BCUT2D eigenvalue weighted by Crippen LogP contribution is 2.37. The van der Waals surface area contributed by atoms with E-state index in [-0.39, 0.29) is 17.7 Å². The van der Waals surface area contributed by atoms with Gasteiger partial charge in [0, 0.05) is 30.0 Å². The maximum absolute atomic E-state index is 13.0. The first-order valence-corrected chi connectivity index (χ1v) is 9.75. The zero-order valence-electron chi connectivity index (χ0n) is 14.9. The lowest BCUT2D eigenvalue weighted by atomic mass is 10.1. The molecular weight excluding hydrogens is 356 g/mol. The Morgan fingerprint density at radius 2 is 2.23 bits per heavy atom. The number of nitrogens with one attached hydrogen (secondary N) is 2. The third kappa shape index (κ3) is 4.39. The number of amides is 2. The van der Waals surface area contributed by atoms with Crippen molar-refractivity contribution in [1.82, 2.24) is 20.7 Å². The molecule has 26 heavy (non-hydrogen) atoms. The van der Waals surface area contributed by atoms with Gasteiger partial charge in [0.15, 0.2) is 0 Å². The Balaban J connectivity index is 1.71. The number of carbonyl (C=O) groups is 3. The molecule has 142 valence electrons. The van der Waals surface area contributed by atoms with E-state index in [1.165, 1.54) is 16.3 Å². The minimum absolute atomic E-state index is 0.0376. The summed E-state index contributed by atoms with van der Waals surface area (Å²) in [7, 11) is 0. The van der Waals surface area contributed by atoms with Crippen LogP contribution in [0, 0.1) is 18.8 Å². The lowest BCUT2D eigenvalue weighted by molar-refractivity contribution is -0.148. The molecule has 0 radical (unpaired) electrons. The molecule has 0 unspecified atom stereocenters. The largest absolute Gasteiger partial charge is 0.480 e. The first kappa shape index (κ1) is 18.8. The van der Waals surface area contributed by atoms with Crippen molar-refractivity contribution in [1.29, 1.82) is 0 Å². The van der Waals surface area contributed by atoms with Crippen molar-refractivity contribution in [2.24, 2.45) is 11.8 Å². The van der Waals surface area contributed by atoms with Crippen LogP contribution >= 0.6 is 11.3 Å². The topological polar surface area (TPSA) is 112 Å². The summed E-state index contributed by atoms with van der Waals surface area (Å²) in [6, 6.07) is -1.53. The van der Waals surface area contributed by atoms with Gasteiger partial charge < -0.3 is 10.4 Å². The molecule has 0 bridgehead atoms. The fourth-order valence-electron chi connectivity index (χ4n) is 3.15. The van der Waals surface area contributed by atoms with Crippen molar-refractivity contribution < 1.29 is 19.5 Å². The van der Waals surface area contributed by atoms with Crippen LogP contribution in [-0.4, -0.2) is 51.5 Å². The number of carboxylic acid groups (broad SMARTS) is 1. The Kier molecular flexibility index (Phi) is 5.57. The molecule has 9 heteroatoms. The van der Waals surface area contributed by atoms with Crippen molar-refractivity contribution >= 4 is 29.1 Å². The number of rotatable bonds is 6. The number of aliphatic carboxylic acids is 1. The van der Waals surface area contributed by atoms with Crippen molar-refractivity contribution in [3.8, 4) is 0 Å². The molecule has 1 aliphatic heterocycles. The Hall–Kier alpha value is -2.00. The smallest absolute Gasteiger partial charge is 0.322 e. The molecule has 2 heterocycles. The fraction of sp³-hybridized carbons (Fsp3) is 0.647. The molecule has 3 N–H and O–H groups in total. The Labute approximate surface area is 155 Å². The summed E-state index contributed by atoms with van der Waals surface area (Å²) in [6.07, 6.45) is 2.22. The van der Waals surface area contributed by atoms with Crippen LogP contribution in [0.4, 0.5) is 0 Å². The van der Waals surface area contributed by atoms with Gasteiger partial charge in [-0.05, 0) is 32.1 Å². The Morgan fingerprint density at radius 3 is 2.81 bits per heavy atom. The quantitative estimate of drug-likeness (QED) is 0.670. The van der Waals surface area contributed by atoms with Gasteiger partial charge in [-0.25, -0.2) is 10.4 Å². The summed E-state index contributed by atoms with van der Waals surface area (Å²) in [6.45, 7) is 4.31. The van der Waals surface area contributed by atoms with E-state index in [9.17, 15) is 19.5 Å². The van der Waals surface area contributed by atoms with Crippen molar-refractivity contribution in [2.45, 2.75) is 51.6 Å². The Morgan fingerprint density at radius 1 is 1.50 bits per heavy atom. The van der Waals surface area contributed by atoms with Crippen molar-refractivity contribution in [3.63, 3.8) is 0 Å². The molecule has 0 aromatic carbocycles. The normalized spacial score (nSPS) is 26.2. The number of aryl methyl sites for hydroxylation is 1. The first-order valence-electron chi connectivity index (χ1n) is 8.87. The van der Waals surface area contributed by atoms with Gasteiger partial charge in [-0.3, -0.25) is 19.4 Å². The van der Waals surface area contributed by atoms with E-state index in [2.05, 4.69) is 15.7 Å². The number of nitrogens with zero attached hydrogens (tertiary/aromatic N) is 2. The summed E-state index contributed by atoms with van der Waals surface area (Å²) in [5.41, 5.74) is 3.64. The highest BCUT2D eigenvalue weighted by atomic mass is 32.1. The van der Waals surface area contributed by atoms with E-state index in [0.29, 0.717) is 31.7 Å². The van der Waals surface area contributed by atoms with Gasteiger partial charge in [-0.1, -0.05) is 6.92 Å². The molecule has 8 nitrogen and oxygen atoms in total. The zero-order chi connectivity index (χ0) is 18.8. The van der Waals surface area contributed by atoms with Gasteiger partial charge in [0.25, 0.3) is 5.91 Å². The molecule has 0 spiro atoms. The molecule has 2 fully saturated rings. The van der Waals surface area contributed by atoms with E-state index in [1.54, 1.807) is 0 Å². The van der Waals surface area contributed by atoms with Crippen LogP contribution < -0.4 is 10.7 Å². The molecule has 1 aromatic heterocycles. The number of hydrogen-bond acceptors (Lipinski definition) is 6. The molecule has 1 saturated carbocycles. The monoisotopic (exact) mass is 380 g/mol. The lowest BCUT2D eigenvalue weighted by Crippen LogP contribution is -2.60. The van der Waals surface area contributed by atoms with E-state index < -0.39 is 18.1 Å². The maximum Gasteiger partial charge on any atom is 0.322 e. The van der Waals surface area contributed by atoms with Crippen LogP contribution in [0.15, 0.2) is 5.38 Å². The highest BCUT2D eigenvalue weighted by molar-refractivity contribution is 7.09. The average Bonchev–Trinajstić information content (AvgIpc) is 3.21. The minimum Gasteiger partial charge on any atom is -0.480 e. The standard InChI is InChI=1S/C17H24N4O4S/c1-9-6-11(9)15(22)19-13(7-14-18-10(2)8-26-14)16(23)21-5-3-4-12(20-21)17(24)25/h8-9,11-13,20H,3-7H2,1-2H3,(H,19,22)(H,24,25)/t9-,11-,12-,13-/m0/s1. The number of thiazole rings is 1.